The molecule has 0 amide bonds. The van der Waals surface area contributed by atoms with E-state index in [1.807, 2.05) is 18.2 Å². The number of hydrogen-bond acceptors (Lipinski definition) is 8. The Labute approximate surface area is 173 Å². The van der Waals surface area contributed by atoms with E-state index in [0.29, 0.717) is 35.2 Å². The van der Waals surface area contributed by atoms with Crippen LogP contribution in [-0.2, 0) is 4.74 Å². The molecule has 3 rings (SSSR count). The number of aliphatic hydroxyl groups excluding tert-OH is 2. The minimum absolute atomic E-state index is 0.0721. The van der Waals surface area contributed by atoms with Gasteiger partial charge < -0.3 is 14.9 Å². The fourth-order valence-corrected chi connectivity index (χ4v) is 2.76. The zero-order valence-electron chi connectivity index (χ0n) is 16.8. The second-order valence-electron chi connectivity index (χ2n) is 6.59. The van der Waals surface area contributed by atoms with Crippen LogP contribution < -0.4 is 0 Å². The van der Waals surface area contributed by atoms with Gasteiger partial charge in [-0.3, -0.25) is 4.90 Å². The van der Waals surface area contributed by atoms with Crippen molar-refractivity contribution in [3.8, 4) is 17.5 Å². The molecule has 1 unspecified atom stereocenters. The van der Waals surface area contributed by atoms with Crippen LogP contribution in [-0.4, -0.2) is 73.9 Å². The molecule has 9 nitrogen and oxygen atoms in total. The molecule has 0 saturated carbocycles. The lowest BCUT2D eigenvalue weighted by atomic mass is 10.1. The monoisotopic (exact) mass is 409 g/mol. The fourth-order valence-electron chi connectivity index (χ4n) is 2.76. The molecular formula is C21H23N5O4. The summed E-state index contributed by atoms with van der Waals surface area (Å²) in [7, 11) is 1.76. The molecule has 0 bridgehead atoms. The van der Waals surface area contributed by atoms with Gasteiger partial charge in [0.15, 0.2) is 11.3 Å². The van der Waals surface area contributed by atoms with Crippen molar-refractivity contribution in [1.29, 1.82) is 0 Å². The molecule has 0 aliphatic heterocycles. The minimum Gasteiger partial charge on any atom is -0.461 e. The van der Waals surface area contributed by atoms with Crippen LogP contribution in [0, 0.1) is 11.8 Å². The van der Waals surface area contributed by atoms with Gasteiger partial charge in [-0.2, -0.15) is 5.10 Å². The van der Waals surface area contributed by atoms with Crippen molar-refractivity contribution in [2.75, 3.05) is 26.9 Å². The zero-order valence-corrected chi connectivity index (χ0v) is 16.8. The largest absolute Gasteiger partial charge is 0.461 e. The van der Waals surface area contributed by atoms with E-state index in [9.17, 15) is 9.90 Å². The van der Waals surface area contributed by atoms with Crippen molar-refractivity contribution in [2.45, 2.75) is 19.4 Å². The SMILES string of the molecule is CCOC(=O)c1nn(-c2cccc(C#CC(O)CCN(C)CO)c2)c2ncncc12. The van der Waals surface area contributed by atoms with Crippen molar-refractivity contribution < 1.29 is 19.7 Å². The molecule has 0 aliphatic rings. The summed E-state index contributed by atoms with van der Waals surface area (Å²) in [6.07, 6.45) is 2.53. The number of hydrogen-bond donors (Lipinski definition) is 2. The van der Waals surface area contributed by atoms with E-state index in [1.165, 1.54) is 12.5 Å². The standard InChI is InChI=1S/C21H23N5O4/c1-3-30-21(29)19-18-12-22-13-23-20(18)26(24-19)16-6-4-5-15(11-16)7-8-17(28)9-10-25(2)14-27/h4-6,11-13,17,27-28H,3,9-10,14H2,1-2H3. The molecule has 0 saturated heterocycles. The Bertz CT molecular complexity index is 1090. The number of ether oxygens (including phenoxy) is 1. The first-order chi connectivity index (χ1) is 14.5. The van der Waals surface area contributed by atoms with Crippen LogP contribution in [0.25, 0.3) is 16.7 Å². The fraction of sp³-hybridized carbons (Fsp3) is 0.333. The number of aromatic nitrogens is 4. The van der Waals surface area contributed by atoms with E-state index in [1.54, 1.807) is 29.6 Å². The van der Waals surface area contributed by atoms with Gasteiger partial charge in [0.1, 0.15) is 12.4 Å². The molecule has 3 aromatic rings. The molecule has 2 aromatic heterocycles. The Morgan fingerprint density at radius 2 is 2.23 bits per heavy atom. The zero-order chi connectivity index (χ0) is 21.5. The summed E-state index contributed by atoms with van der Waals surface area (Å²) < 4.78 is 6.62. The topological polar surface area (TPSA) is 114 Å². The second-order valence-corrected chi connectivity index (χ2v) is 6.59. The molecule has 30 heavy (non-hydrogen) atoms. The Balaban J connectivity index is 1.89. The predicted molar refractivity (Wildman–Crippen MR) is 110 cm³/mol. The molecule has 9 heteroatoms. The Kier molecular flexibility index (Phi) is 7.08. The van der Waals surface area contributed by atoms with Gasteiger partial charge in [-0.15, -0.1) is 0 Å². The van der Waals surface area contributed by atoms with Crippen LogP contribution >= 0.6 is 0 Å². The highest BCUT2D eigenvalue weighted by molar-refractivity contribution is 6.01. The first-order valence-corrected chi connectivity index (χ1v) is 9.48. The van der Waals surface area contributed by atoms with Gasteiger partial charge in [0.05, 0.1) is 24.4 Å². The van der Waals surface area contributed by atoms with Crippen molar-refractivity contribution in [3.05, 3.63) is 48.0 Å². The molecule has 0 fully saturated rings. The van der Waals surface area contributed by atoms with Gasteiger partial charge in [-0.05, 0) is 38.6 Å². The first kappa shape index (κ1) is 21.4. The number of carbonyl (C=O) groups is 1. The maximum Gasteiger partial charge on any atom is 0.359 e. The highest BCUT2D eigenvalue weighted by Crippen LogP contribution is 2.21. The summed E-state index contributed by atoms with van der Waals surface area (Å²) in [4.78, 5) is 22.2. The maximum absolute atomic E-state index is 12.3. The van der Waals surface area contributed by atoms with Gasteiger partial charge in [-0.25, -0.2) is 19.4 Å². The quantitative estimate of drug-likeness (QED) is 0.337. The lowest BCUT2D eigenvalue weighted by Gasteiger charge is -2.13. The molecule has 1 aromatic carbocycles. The Morgan fingerprint density at radius 1 is 1.40 bits per heavy atom. The summed E-state index contributed by atoms with van der Waals surface area (Å²) in [6, 6.07) is 7.24. The van der Waals surface area contributed by atoms with Gasteiger partial charge in [0.2, 0.25) is 0 Å². The van der Waals surface area contributed by atoms with Gasteiger partial charge >= 0.3 is 5.97 Å². The van der Waals surface area contributed by atoms with Crippen molar-refractivity contribution in [2.24, 2.45) is 0 Å². The molecule has 2 heterocycles. The number of nitrogens with zero attached hydrogens (tertiary/aromatic N) is 5. The van der Waals surface area contributed by atoms with E-state index in [2.05, 4.69) is 26.9 Å². The van der Waals surface area contributed by atoms with Crippen molar-refractivity contribution >= 4 is 17.0 Å². The highest BCUT2D eigenvalue weighted by atomic mass is 16.5. The number of benzene rings is 1. The lowest BCUT2D eigenvalue weighted by Crippen LogP contribution is -2.23. The average molecular weight is 409 g/mol. The molecule has 2 N–H and O–H groups in total. The number of rotatable bonds is 7. The average Bonchev–Trinajstić information content (AvgIpc) is 3.16. The van der Waals surface area contributed by atoms with E-state index in [4.69, 9.17) is 9.84 Å². The van der Waals surface area contributed by atoms with E-state index in [-0.39, 0.29) is 19.0 Å². The van der Waals surface area contributed by atoms with E-state index >= 15 is 0 Å². The number of fused-ring (bicyclic) bond motifs is 1. The summed E-state index contributed by atoms with van der Waals surface area (Å²) >= 11 is 0. The highest BCUT2D eigenvalue weighted by Gasteiger charge is 2.20. The molecule has 0 aliphatic carbocycles. The summed E-state index contributed by atoms with van der Waals surface area (Å²) in [5.74, 6) is 5.21. The molecule has 156 valence electrons. The Morgan fingerprint density at radius 3 is 3.00 bits per heavy atom. The van der Waals surface area contributed by atoms with Crippen LogP contribution in [0.3, 0.4) is 0 Å². The van der Waals surface area contributed by atoms with Crippen LogP contribution in [0.15, 0.2) is 36.8 Å². The second kappa shape index (κ2) is 9.93. The minimum atomic E-state index is -0.809. The Hall–Kier alpha value is -3.32. The van der Waals surface area contributed by atoms with Crippen molar-refractivity contribution in [1.82, 2.24) is 24.6 Å². The predicted octanol–water partition coefficient (Wildman–Crippen LogP) is 0.976. The van der Waals surface area contributed by atoms with E-state index < -0.39 is 12.1 Å². The van der Waals surface area contributed by atoms with Crippen LogP contribution in [0.2, 0.25) is 0 Å². The van der Waals surface area contributed by atoms with Gasteiger partial charge in [0.25, 0.3) is 0 Å². The van der Waals surface area contributed by atoms with Crippen LogP contribution in [0.4, 0.5) is 0 Å². The third kappa shape index (κ3) is 4.99. The number of aliphatic hydroxyl groups is 2. The van der Waals surface area contributed by atoms with Crippen LogP contribution in [0.5, 0.6) is 0 Å². The normalized spacial score (nSPS) is 11.9. The summed E-state index contributed by atoms with van der Waals surface area (Å²) in [5.41, 5.74) is 1.96. The first-order valence-electron chi connectivity index (χ1n) is 9.48. The summed E-state index contributed by atoms with van der Waals surface area (Å²) in [5, 5.41) is 23.9. The molecular weight excluding hydrogens is 386 g/mol. The summed E-state index contributed by atoms with van der Waals surface area (Å²) in [6.45, 7) is 2.42. The van der Waals surface area contributed by atoms with Gasteiger partial charge in [-0.1, -0.05) is 17.9 Å². The van der Waals surface area contributed by atoms with Gasteiger partial charge in [0, 0.05) is 18.3 Å². The third-order valence-corrected chi connectivity index (χ3v) is 4.32. The lowest BCUT2D eigenvalue weighted by molar-refractivity contribution is 0.0521. The molecule has 0 spiro atoms. The molecule has 0 radical (unpaired) electrons. The maximum atomic E-state index is 12.3. The van der Waals surface area contributed by atoms with Crippen LogP contribution in [0.1, 0.15) is 29.4 Å². The van der Waals surface area contributed by atoms with Crippen molar-refractivity contribution in [3.63, 3.8) is 0 Å². The number of esters is 1. The number of carbonyl (C=O) groups excluding carboxylic acids is 1. The van der Waals surface area contributed by atoms with E-state index in [0.717, 1.165) is 0 Å². The molecule has 1 atom stereocenters. The third-order valence-electron chi connectivity index (χ3n) is 4.32. The smallest absolute Gasteiger partial charge is 0.359 e.